The molecule has 0 bridgehead atoms. The second kappa shape index (κ2) is 5.32. The summed E-state index contributed by atoms with van der Waals surface area (Å²) in [4.78, 5) is 13.3. The van der Waals surface area contributed by atoms with E-state index in [4.69, 9.17) is 5.11 Å². The molecule has 92 valence electrons. The fourth-order valence-corrected chi connectivity index (χ4v) is 2.32. The molecule has 1 aliphatic rings. The number of carbonyl (C=O) groups is 1. The van der Waals surface area contributed by atoms with Gasteiger partial charge >= 0.3 is 5.97 Å². The van der Waals surface area contributed by atoms with Crippen LogP contribution in [-0.2, 0) is 13.0 Å². The summed E-state index contributed by atoms with van der Waals surface area (Å²) in [6.45, 7) is 5.31. The Morgan fingerprint density at radius 3 is 2.94 bits per heavy atom. The number of unbranched alkanes of at least 4 members (excludes halogenated alkanes) is 1. The number of rotatable bonds is 4. The molecule has 2 rings (SSSR count). The minimum absolute atomic E-state index is 0.404. The molecule has 1 N–H and O–H groups in total. The summed E-state index contributed by atoms with van der Waals surface area (Å²) in [6.07, 6.45) is 3.46. The number of fused-ring (bicyclic) bond motifs is 1. The molecule has 0 amide bonds. The highest BCUT2D eigenvalue weighted by atomic mass is 16.4. The molecule has 1 heterocycles. The largest absolute Gasteiger partial charge is 0.478 e. The average molecular weight is 233 g/mol. The molecule has 0 atom stereocenters. The average Bonchev–Trinajstić information content (AvgIpc) is 2.35. The van der Waals surface area contributed by atoms with Gasteiger partial charge in [-0.1, -0.05) is 19.4 Å². The first kappa shape index (κ1) is 12.1. The van der Waals surface area contributed by atoms with E-state index in [9.17, 15) is 4.79 Å². The summed E-state index contributed by atoms with van der Waals surface area (Å²) >= 11 is 0. The van der Waals surface area contributed by atoms with Gasteiger partial charge < -0.3 is 5.11 Å². The molecule has 1 aromatic rings. The Bertz CT molecular complexity index is 415. The summed E-state index contributed by atoms with van der Waals surface area (Å²) in [5, 5.41) is 8.98. The zero-order valence-corrected chi connectivity index (χ0v) is 10.3. The van der Waals surface area contributed by atoms with Crippen LogP contribution >= 0.6 is 0 Å². The normalized spacial score (nSPS) is 15.6. The van der Waals surface area contributed by atoms with Gasteiger partial charge in [0.2, 0.25) is 0 Å². The molecule has 3 heteroatoms. The fraction of sp³-hybridized carbons (Fsp3) is 0.500. The lowest BCUT2D eigenvalue weighted by Gasteiger charge is -2.28. The third-order valence-electron chi connectivity index (χ3n) is 3.37. The van der Waals surface area contributed by atoms with Gasteiger partial charge in [0, 0.05) is 13.1 Å². The molecular weight excluding hydrogens is 214 g/mol. The van der Waals surface area contributed by atoms with Crippen LogP contribution in [0.4, 0.5) is 0 Å². The van der Waals surface area contributed by atoms with Crippen molar-refractivity contribution >= 4 is 5.97 Å². The van der Waals surface area contributed by atoms with Gasteiger partial charge in [-0.05, 0) is 42.6 Å². The number of nitrogens with zero attached hydrogens (tertiary/aromatic N) is 1. The molecule has 0 aliphatic carbocycles. The van der Waals surface area contributed by atoms with Crippen LogP contribution in [0.2, 0.25) is 0 Å². The highest BCUT2D eigenvalue weighted by Crippen LogP contribution is 2.20. The fourth-order valence-electron chi connectivity index (χ4n) is 2.32. The zero-order valence-electron chi connectivity index (χ0n) is 10.3. The Labute approximate surface area is 102 Å². The van der Waals surface area contributed by atoms with Gasteiger partial charge in [-0.15, -0.1) is 0 Å². The van der Waals surface area contributed by atoms with Crippen LogP contribution in [-0.4, -0.2) is 29.1 Å². The number of aromatic carboxylic acids is 1. The number of carboxylic acid groups (broad SMARTS) is 1. The van der Waals surface area contributed by atoms with Crippen LogP contribution < -0.4 is 0 Å². The van der Waals surface area contributed by atoms with E-state index in [-0.39, 0.29) is 0 Å². The van der Waals surface area contributed by atoms with E-state index in [2.05, 4.69) is 11.8 Å². The smallest absolute Gasteiger partial charge is 0.335 e. The van der Waals surface area contributed by atoms with Crippen molar-refractivity contribution in [3.05, 3.63) is 34.9 Å². The second-order valence-corrected chi connectivity index (χ2v) is 4.67. The van der Waals surface area contributed by atoms with Crippen LogP contribution in [0.25, 0.3) is 0 Å². The third kappa shape index (κ3) is 2.86. The molecule has 1 aromatic carbocycles. The van der Waals surface area contributed by atoms with Gasteiger partial charge in [0.15, 0.2) is 0 Å². The summed E-state index contributed by atoms with van der Waals surface area (Å²) in [6, 6.07) is 5.51. The maximum absolute atomic E-state index is 10.9. The number of carboxylic acids is 1. The predicted octanol–water partition coefficient (Wildman–Crippen LogP) is 2.54. The Balaban J connectivity index is 2.12. The lowest BCUT2D eigenvalue weighted by Crippen LogP contribution is -2.31. The SMILES string of the molecule is CCCCN1CCc2ccc(C(=O)O)cc2C1. The minimum Gasteiger partial charge on any atom is -0.478 e. The summed E-state index contributed by atoms with van der Waals surface area (Å²) in [5.74, 6) is -0.835. The molecule has 0 saturated heterocycles. The topological polar surface area (TPSA) is 40.5 Å². The van der Waals surface area contributed by atoms with Crippen molar-refractivity contribution in [3.63, 3.8) is 0 Å². The summed E-state index contributed by atoms with van der Waals surface area (Å²) < 4.78 is 0. The van der Waals surface area contributed by atoms with Crippen molar-refractivity contribution in [2.75, 3.05) is 13.1 Å². The van der Waals surface area contributed by atoms with Crippen molar-refractivity contribution in [1.29, 1.82) is 0 Å². The van der Waals surface area contributed by atoms with E-state index in [1.165, 1.54) is 24.0 Å². The molecule has 0 unspecified atom stereocenters. The molecule has 0 fully saturated rings. The Morgan fingerprint density at radius 1 is 1.41 bits per heavy atom. The quantitative estimate of drug-likeness (QED) is 0.868. The van der Waals surface area contributed by atoms with E-state index in [1.54, 1.807) is 6.07 Å². The third-order valence-corrected chi connectivity index (χ3v) is 3.37. The van der Waals surface area contributed by atoms with Crippen molar-refractivity contribution in [2.24, 2.45) is 0 Å². The molecular formula is C14H19NO2. The molecule has 0 saturated carbocycles. The summed E-state index contributed by atoms with van der Waals surface area (Å²) in [5.41, 5.74) is 2.90. The molecule has 17 heavy (non-hydrogen) atoms. The standard InChI is InChI=1S/C14H19NO2/c1-2-3-7-15-8-6-11-4-5-12(14(16)17)9-13(11)10-15/h4-5,9H,2-3,6-8,10H2,1H3,(H,16,17). The molecule has 0 radical (unpaired) electrons. The number of benzene rings is 1. The van der Waals surface area contributed by atoms with Gasteiger partial charge in [-0.25, -0.2) is 4.79 Å². The second-order valence-electron chi connectivity index (χ2n) is 4.67. The minimum atomic E-state index is -0.835. The van der Waals surface area contributed by atoms with Crippen molar-refractivity contribution < 1.29 is 9.90 Å². The Hall–Kier alpha value is -1.35. The maximum atomic E-state index is 10.9. The Kier molecular flexibility index (Phi) is 3.79. The summed E-state index contributed by atoms with van der Waals surface area (Å²) in [7, 11) is 0. The van der Waals surface area contributed by atoms with Crippen LogP contribution in [0.5, 0.6) is 0 Å². The lowest BCUT2D eigenvalue weighted by molar-refractivity contribution is 0.0696. The molecule has 1 aliphatic heterocycles. The lowest BCUT2D eigenvalue weighted by atomic mass is 9.97. The van der Waals surface area contributed by atoms with Crippen LogP contribution in [0.3, 0.4) is 0 Å². The van der Waals surface area contributed by atoms with Gasteiger partial charge in [-0.2, -0.15) is 0 Å². The first-order chi connectivity index (χ1) is 8.20. The highest BCUT2D eigenvalue weighted by Gasteiger charge is 2.17. The van der Waals surface area contributed by atoms with E-state index in [0.717, 1.165) is 26.1 Å². The first-order valence-corrected chi connectivity index (χ1v) is 6.28. The first-order valence-electron chi connectivity index (χ1n) is 6.28. The van der Waals surface area contributed by atoms with Gasteiger partial charge in [0.05, 0.1) is 5.56 Å². The zero-order chi connectivity index (χ0) is 12.3. The van der Waals surface area contributed by atoms with Gasteiger partial charge in [0.1, 0.15) is 0 Å². The van der Waals surface area contributed by atoms with E-state index >= 15 is 0 Å². The van der Waals surface area contributed by atoms with Crippen molar-refractivity contribution in [1.82, 2.24) is 4.90 Å². The van der Waals surface area contributed by atoms with E-state index < -0.39 is 5.97 Å². The van der Waals surface area contributed by atoms with Crippen molar-refractivity contribution in [2.45, 2.75) is 32.7 Å². The number of hydrogen-bond acceptors (Lipinski definition) is 2. The van der Waals surface area contributed by atoms with Crippen LogP contribution in [0.15, 0.2) is 18.2 Å². The van der Waals surface area contributed by atoms with Crippen LogP contribution in [0.1, 0.15) is 41.3 Å². The van der Waals surface area contributed by atoms with Gasteiger partial charge in [0.25, 0.3) is 0 Å². The van der Waals surface area contributed by atoms with Crippen LogP contribution in [0, 0.1) is 0 Å². The molecule has 3 nitrogen and oxygen atoms in total. The number of hydrogen-bond donors (Lipinski definition) is 1. The Morgan fingerprint density at radius 2 is 2.24 bits per heavy atom. The predicted molar refractivity (Wildman–Crippen MR) is 67.3 cm³/mol. The molecule has 0 spiro atoms. The molecule has 0 aromatic heterocycles. The highest BCUT2D eigenvalue weighted by molar-refractivity contribution is 5.87. The van der Waals surface area contributed by atoms with Gasteiger partial charge in [-0.3, -0.25) is 4.90 Å². The van der Waals surface area contributed by atoms with E-state index in [1.807, 2.05) is 12.1 Å². The maximum Gasteiger partial charge on any atom is 0.335 e. The monoisotopic (exact) mass is 233 g/mol. The van der Waals surface area contributed by atoms with E-state index in [0.29, 0.717) is 5.56 Å². The van der Waals surface area contributed by atoms with Crippen molar-refractivity contribution in [3.8, 4) is 0 Å².